The highest BCUT2D eigenvalue weighted by Crippen LogP contribution is 2.28. The van der Waals surface area contributed by atoms with Gasteiger partial charge in [-0.3, -0.25) is 14.4 Å². The van der Waals surface area contributed by atoms with Gasteiger partial charge in [-0.15, -0.1) is 11.3 Å². The van der Waals surface area contributed by atoms with Gasteiger partial charge in [-0.25, -0.2) is 4.90 Å². The Labute approximate surface area is 202 Å². The van der Waals surface area contributed by atoms with Crippen LogP contribution in [-0.2, 0) is 27.3 Å². The molecule has 1 saturated heterocycles. The van der Waals surface area contributed by atoms with Gasteiger partial charge >= 0.3 is 0 Å². The zero-order valence-corrected chi connectivity index (χ0v) is 20.1. The second-order valence-electron chi connectivity index (χ2n) is 7.17. The number of benzene rings is 2. The Bertz CT molecular complexity index is 1100. The van der Waals surface area contributed by atoms with Crippen LogP contribution in [0.1, 0.15) is 16.9 Å². The lowest BCUT2D eigenvalue weighted by Crippen LogP contribution is -2.45. The van der Waals surface area contributed by atoms with Crippen LogP contribution >= 0.6 is 45.5 Å². The third kappa shape index (κ3) is 4.99. The molecular formula is C23H18ClIN2O3S. The van der Waals surface area contributed by atoms with E-state index >= 15 is 0 Å². The first-order valence-corrected chi connectivity index (χ1v) is 11.9. The number of carbonyl (C=O) groups excluding carboxylic acids is 3. The normalized spacial score (nSPS) is 16.1. The molecule has 1 aliphatic heterocycles. The van der Waals surface area contributed by atoms with Crippen LogP contribution in [0, 0.1) is 3.57 Å². The summed E-state index contributed by atoms with van der Waals surface area (Å²) in [5.74, 6) is -0.870. The van der Waals surface area contributed by atoms with E-state index in [1.807, 2.05) is 29.6 Å². The Kier molecular flexibility index (Phi) is 6.74. The second kappa shape index (κ2) is 9.50. The quantitative estimate of drug-likeness (QED) is 0.316. The van der Waals surface area contributed by atoms with Crippen molar-refractivity contribution in [2.45, 2.75) is 25.4 Å². The van der Waals surface area contributed by atoms with Crippen LogP contribution in [0.3, 0.4) is 0 Å². The van der Waals surface area contributed by atoms with Crippen LogP contribution in [0.15, 0.2) is 66.0 Å². The minimum absolute atomic E-state index is 0.0252. The first-order valence-electron chi connectivity index (χ1n) is 9.61. The summed E-state index contributed by atoms with van der Waals surface area (Å²) < 4.78 is 1.01. The maximum Gasteiger partial charge on any atom is 0.257 e. The van der Waals surface area contributed by atoms with Crippen molar-refractivity contribution in [1.82, 2.24) is 4.90 Å². The molecule has 3 amide bonds. The standard InChI is InChI=1S/C23H18ClIN2O3S/c24-16-5-3-15(4-6-16)12-21(28)26(14-19-2-1-11-31-19)20-13-22(29)27(23(20)30)18-9-7-17(25)8-10-18/h1-11,20H,12-14H2. The van der Waals surface area contributed by atoms with Crippen LogP contribution in [0.5, 0.6) is 0 Å². The predicted molar refractivity (Wildman–Crippen MR) is 130 cm³/mol. The first-order chi connectivity index (χ1) is 14.9. The fourth-order valence-corrected chi connectivity index (χ4v) is 4.73. The van der Waals surface area contributed by atoms with E-state index in [2.05, 4.69) is 22.6 Å². The van der Waals surface area contributed by atoms with Crippen LogP contribution in [-0.4, -0.2) is 28.7 Å². The van der Waals surface area contributed by atoms with E-state index < -0.39 is 6.04 Å². The lowest BCUT2D eigenvalue weighted by atomic mass is 10.1. The molecule has 1 fully saturated rings. The Morgan fingerprint density at radius 3 is 2.45 bits per heavy atom. The number of imide groups is 1. The Morgan fingerprint density at radius 2 is 1.81 bits per heavy atom. The monoisotopic (exact) mass is 564 g/mol. The van der Waals surface area contributed by atoms with E-state index in [4.69, 9.17) is 11.6 Å². The number of hydrogen-bond acceptors (Lipinski definition) is 4. The van der Waals surface area contributed by atoms with Gasteiger partial charge in [0, 0.05) is 13.5 Å². The summed E-state index contributed by atoms with van der Waals surface area (Å²) in [6.45, 7) is 0.286. The van der Waals surface area contributed by atoms with Gasteiger partial charge in [-0.1, -0.05) is 29.8 Å². The SMILES string of the molecule is O=C1CC(N(Cc2cccs2)C(=O)Cc2ccc(Cl)cc2)C(=O)N1c1ccc(I)cc1. The van der Waals surface area contributed by atoms with Crippen molar-refractivity contribution >= 4 is 68.9 Å². The van der Waals surface area contributed by atoms with E-state index in [-0.39, 0.29) is 37.1 Å². The number of amides is 3. The fourth-order valence-electron chi connectivity index (χ4n) is 3.54. The molecule has 0 N–H and O–H groups in total. The first kappa shape index (κ1) is 22.0. The smallest absolute Gasteiger partial charge is 0.257 e. The number of nitrogens with zero attached hydrogens (tertiary/aromatic N) is 2. The van der Waals surface area contributed by atoms with Crippen molar-refractivity contribution < 1.29 is 14.4 Å². The number of rotatable bonds is 6. The molecule has 31 heavy (non-hydrogen) atoms. The maximum absolute atomic E-state index is 13.3. The molecule has 2 heterocycles. The van der Waals surface area contributed by atoms with Crippen molar-refractivity contribution in [3.63, 3.8) is 0 Å². The van der Waals surface area contributed by atoms with Gasteiger partial charge in [0.2, 0.25) is 11.8 Å². The van der Waals surface area contributed by atoms with Gasteiger partial charge < -0.3 is 4.90 Å². The number of halogens is 2. The highest BCUT2D eigenvalue weighted by atomic mass is 127. The average Bonchev–Trinajstić information content (AvgIpc) is 3.36. The van der Waals surface area contributed by atoms with E-state index in [0.717, 1.165) is 14.0 Å². The average molecular weight is 565 g/mol. The molecule has 1 aliphatic rings. The van der Waals surface area contributed by atoms with Gasteiger partial charge in [0.05, 0.1) is 25.1 Å². The minimum Gasteiger partial charge on any atom is -0.325 e. The lowest BCUT2D eigenvalue weighted by Gasteiger charge is -2.27. The zero-order chi connectivity index (χ0) is 22.0. The summed E-state index contributed by atoms with van der Waals surface area (Å²) in [5.41, 5.74) is 1.33. The van der Waals surface area contributed by atoms with Crippen LogP contribution < -0.4 is 4.90 Å². The maximum atomic E-state index is 13.3. The molecule has 158 valence electrons. The highest BCUT2D eigenvalue weighted by Gasteiger charge is 2.44. The Hall–Kier alpha value is -2.23. The lowest BCUT2D eigenvalue weighted by molar-refractivity contribution is -0.138. The second-order valence-corrected chi connectivity index (χ2v) is 9.88. The van der Waals surface area contributed by atoms with E-state index in [0.29, 0.717) is 10.7 Å². The molecular weight excluding hydrogens is 547 g/mol. The van der Waals surface area contributed by atoms with Gasteiger partial charge in [0.25, 0.3) is 5.91 Å². The molecule has 1 atom stereocenters. The summed E-state index contributed by atoms with van der Waals surface area (Å²) >= 11 is 9.63. The van der Waals surface area contributed by atoms with Crippen LogP contribution in [0.4, 0.5) is 5.69 Å². The number of carbonyl (C=O) groups is 3. The molecule has 0 bridgehead atoms. The third-order valence-corrected chi connectivity index (χ3v) is 6.91. The molecule has 0 radical (unpaired) electrons. The predicted octanol–water partition coefficient (Wildman–Crippen LogP) is 4.91. The van der Waals surface area contributed by atoms with E-state index in [1.54, 1.807) is 36.4 Å². The van der Waals surface area contributed by atoms with Crippen molar-refractivity contribution in [2.24, 2.45) is 0 Å². The van der Waals surface area contributed by atoms with E-state index in [9.17, 15) is 14.4 Å². The van der Waals surface area contributed by atoms with Gasteiger partial charge in [0.15, 0.2) is 0 Å². The fraction of sp³-hybridized carbons (Fsp3) is 0.174. The highest BCUT2D eigenvalue weighted by molar-refractivity contribution is 14.1. The van der Waals surface area contributed by atoms with Gasteiger partial charge in [0.1, 0.15) is 6.04 Å². The van der Waals surface area contributed by atoms with Crippen molar-refractivity contribution in [3.05, 3.63) is 85.1 Å². The molecule has 2 aromatic carbocycles. The molecule has 0 aliphatic carbocycles. The summed E-state index contributed by atoms with van der Waals surface area (Å²) in [4.78, 5) is 43.0. The minimum atomic E-state index is -0.825. The Morgan fingerprint density at radius 1 is 1.10 bits per heavy atom. The topological polar surface area (TPSA) is 57.7 Å². The largest absolute Gasteiger partial charge is 0.325 e. The van der Waals surface area contributed by atoms with Crippen LogP contribution in [0.25, 0.3) is 0 Å². The summed E-state index contributed by atoms with van der Waals surface area (Å²) in [6, 6.07) is 17.2. The number of anilines is 1. The molecule has 3 aromatic rings. The molecule has 0 saturated carbocycles. The molecule has 0 spiro atoms. The number of thiophene rings is 1. The summed E-state index contributed by atoms with van der Waals surface area (Å²) in [5, 5.41) is 2.52. The molecule has 8 heteroatoms. The summed E-state index contributed by atoms with van der Waals surface area (Å²) in [6.07, 6.45) is 0.104. The van der Waals surface area contributed by atoms with Crippen LogP contribution in [0.2, 0.25) is 5.02 Å². The van der Waals surface area contributed by atoms with Crippen molar-refractivity contribution in [1.29, 1.82) is 0 Å². The number of hydrogen-bond donors (Lipinski definition) is 0. The van der Waals surface area contributed by atoms with E-state index in [1.165, 1.54) is 21.1 Å². The Balaban J connectivity index is 1.60. The zero-order valence-electron chi connectivity index (χ0n) is 16.3. The molecule has 4 rings (SSSR count). The van der Waals surface area contributed by atoms with Gasteiger partial charge in [-0.2, -0.15) is 0 Å². The van der Waals surface area contributed by atoms with Gasteiger partial charge in [-0.05, 0) is 76.0 Å². The van der Waals surface area contributed by atoms with Crippen molar-refractivity contribution in [3.8, 4) is 0 Å². The molecule has 1 aromatic heterocycles. The molecule has 1 unspecified atom stereocenters. The van der Waals surface area contributed by atoms with Crippen molar-refractivity contribution in [2.75, 3.05) is 4.90 Å². The molecule has 5 nitrogen and oxygen atoms in total. The summed E-state index contributed by atoms with van der Waals surface area (Å²) in [7, 11) is 0. The third-order valence-electron chi connectivity index (χ3n) is 5.08.